The van der Waals surface area contributed by atoms with Crippen molar-refractivity contribution in [2.75, 3.05) is 101 Å². The van der Waals surface area contributed by atoms with Gasteiger partial charge in [-0.05, 0) is 84.5 Å². The molecule has 0 bridgehead atoms. The average molecular weight is 1240 g/mol. The van der Waals surface area contributed by atoms with Gasteiger partial charge >= 0.3 is 6.01 Å². The molecule has 0 saturated carbocycles. The first-order valence-electron chi connectivity index (χ1n) is 30.0. The zero-order valence-corrected chi connectivity index (χ0v) is 51.5. The molecule has 10 rings (SSSR count). The van der Waals surface area contributed by atoms with Crippen LogP contribution in [0.15, 0.2) is 97.1 Å². The number of methoxy groups -OCH3 is 1. The summed E-state index contributed by atoms with van der Waals surface area (Å²) >= 11 is 12.5. The fraction of sp³-hybridized carbons (Fsp3) is 0.455. The number of amides is 2. The van der Waals surface area contributed by atoms with Gasteiger partial charge in [0.25, 0.3) is 5.91 Å². The van der Waals surface area contributed by atoms with Gasteiger partial charge in [-0.25, -0.2) is 8.78 Å². The minimum absolute atomic E-state index is 0.0331. The summed E-state index contributed by atoms with van der Waals surface area (Å²) in [5.74, 6) is -2.89. The predicted octanol–water partition coefficient (Wildman–Crippen LogP) is 9.42. The van der Waals surface area contributed by atoms with Gasteiger partial charge in [-0.15, -0.1) is 0 Å². The van der Waals surface area contributed by atoms with Gasteiger partial charge in [-0.1, -0.05) is 98.6 Å². The van der Waals surface area contributed by atoms with E-state index in [1.54, 1.807) is 0 Å². The highest BCUT2D eigenvalue weighted by Gasteiger charge is 2.61. The maximum atomic E-state index is 16.2. The molecule has 88 heavy (non-hydrogen) atoms. The number of aromatic nitrogens is 2. The number of halogens is 4. The number of hydrogen-bond acceptors (Lipinski definition) is 16. The molecule has 0 radical (unpaired) electrons. The summed E-state index contributed by atoms with van der Waals surface area (Å²) in [6.45, 7) is 12.6. The highest BCUT2D eigenvalue weighted by molar-refractivity contribution is 6.31. The number of carbonyl (C=O) groups is 2. The molecule has 4 aliphatic heterocycles. The molecular weight excluding hydrogens is 1170 g/mol. The summed E-state index contributed by atoms with van der Waals surface area (Å²) in [5, 5.41) is 39.0. The standard InChI is InChI=1S/C66H75Cl2F2N11O7/c1-65(2,3)36-57-66(40-72,50-17-16-43(67)34-52(50)69)58(49-12-8-13-51(68)59(49)70)60(78-57)63(83)76-53-18-15-42(33-56(53)84-4)62(82)74-24-28-85-29-30-86-31-32-87-46-35-44(75-37-46)21-27-88-64-77-54-39-80(55-14-7-10-41-9-5-6-11-47(41)55)25-20-48(54)61(79-64)81-26-23-73-45(38-81)19-22-71/h5-18,33-34,44-46,57-58,60,73,75,78H,19-21,23-32,35-39H2,1-4H3,(H,74,82)(H,76,83)/t44-,45-,46+,57-,58-,60+,66-/m0/s1. The molecule has 3 saturated heterocycles. The third-order valence-electron chi connectivity index (χ3n) is 16.8. The van der Waals surface area contributed by atoms with E-state index in [1.165, 1.54) is 72.1 Å². The van der Waals surface area contributed by atoms with Crippen molar-refractivity contribution in [3.05, 3.63) is 147 Å². The highest BCUT2D eigenvalue weighted by atomic mass is 35.5. The van der Waals surface area contributed by atoms with Crippen LogP contribution in [-0.2, 0) is 37.4 Å². The Hall–Kier alpha value is -7.24. The van der Waals surface area contributed by atoms with Gasteiger partial charge < -0.3 is 60.1 Å². The number of benzene rings is 5. The fourth-order valence-corrected chi connectivity index (χ4v) is 13.1. The predicted molar refractivity (Wildman–Crippen MR) is 334 cm³/mol. The summed E-state index contributed by atoms with van der Waals surface area (Å²) in [7, 11) is 1.39. The maximum absolute atomic E-state index is 16.2. The summed E-state index contributed by atoms with van der Waals surface area (Å²) in [5.41, 5.74) is 1.41. The second kappa shape index (κ2) is 28.9. The van der Waals surface area contributed by atoms with Crippen LogP contribution in [0, 0.1) is 39.7 Å². The minimum Gasteiger partial charge on any atom is -0.495 e. The van der Waals surface area contributed by atoms with Crippen LogP contribution in [0.4, 0.5) is 26.0 Å². The van der Waals surface area contributed by atoms with Gasteiger partial charge in [0, 0.05) is 96.1 Å². The Bertz CT molecular complexity index is 3540. The zero-order chi connectivity index (χ0) is 62.0. The molecule has 1 aromatic heterocycles. The second-order valence-electron chi connectivity index (χ2n) is 23.9. The third kappa shape index (κ3) is 14.7. The van der Waals surface area contributed by atoms with Gasteiger partial charge in [0.1, 0.15) is 28.6 Å². The lowest BCUT2D eigenvalue weighted by Crippen LogP contribution is -2.51. The molecule has 22 heteroatoms. The van der Waals surface area contributed by atoms with Crippen LogP contribution < -0.4 is 45.9 Å². The first-order valence-corrected chi connectivity index (χ1v) is 30.8. The number of carbonyl (C=O) groups excluding carboxylic acids is 2. The van der Waals surface area contributed by atoms with Gasteiger partial charge in [0.15, 0.2) is 0 Å². The molecule has 0 unspecified atom stereocenters. The van der Waals surface area contributed by atoms with E-state index in [0.29, 0.717) is 65.0 Å². The van der Waals surface area contributed by atoms with Crippen molar-refractivity contribution < 1.29 is 42.1 Å². The molecular formula is C66H75Cl2F2N11O7. The topological polar surface area (TPSA) is 220 Å². The molecule has 0 spiro atoms. The second-order valence-corrected chi connectivity index (χ2v) is 24.8. The third-order valence-corrected chi connectivity index (χ3v) is 17.4. The Balaban J connectivity index is 0.654. The minimum atomic E-state index is -1.82. The molecule has 0 aliphatic carbocycles. The number of anilines is 3. The van der Waals surface area contributed by atoms with Crippen LogP contribution in [0.1, 0.15) is 85.1 Å². The number of rotatable bonds is 24. The molecule has 6 aromatic rings. The van der Waals surface area contributed by atoms with E-state index in [0.717, 1.165) is 68.6 Å². The molecule has 18 nitrogen and oxygen atoms in total. The monoisotopic (exact) mass is 1240 g/mol. The smallest absolute Gasteiger partial charge is 0.318 e. The van der Waals surface area contributed by atoms with E-state index < -0.39 is 52.3 Å². The summed E-state index contributed by atoms with van der Waals surface area (Å²) < 4.78 is 62.0. The number of piperazine rings is 1. The van der Waals surface area contributed by atoms with E-state index in [-0.39, 0.29) is 69.5 Å². The lowest BCUT2D eigenvalue weighted by Gasteiger charge is -2.37. The van der Waals surface area contributed by atoms with Crippen molar-refractivity contribution >= 4 is 63.0 Å². The molecule has 4 aliphatic rings. The van der Waals surface area contributed by atoms with Crippen molar-refractivity contribution in [1.29, 1.82) is 10.5 Å². The van der Waals surface area contributed by atoms with E-state index in [9.17, 15) is 20.1 Å². The number of nitrogens with one attached hydrogen (secondary N) is 5. The Morgan fingerprint density at radius 2 is 1.67 bits per heavy atom. The summed E-state index contributed by atoms with van der Waals surface area (Å²) in [4.78, 5) is 42.6. The van der Waals surface area contributed by atoms with E-state index in [4.69, 9.17) is 56.9 Å². The number of hydrogen-bond donors (Lipinski definition) is 5. The molecule has 7 atom stereocenters. The summed E-state index contributed by atoms with van der Waals surface area (Å²) in [6.07, 6.45) is 3.14. The first-order chi connectivity index (χ1) is 42.6. The molecule has 3 fully saturated rings. The zero-order valence-electron chi connectivity index (χ0n) is 50.0. The Kier molecular flexibility index (Phi) is 21.0. The van der Waals surface area contributed by atoms with Crippen molar-refractivity contribution in [2.24, 2.45) is 5.41 Å². The largest absolute Gasteiger partial charge is 0.495 e. The van der Waals surface area contributed by atoms with E-state index >= 15 is 8.78 Å². The normalized spacial score (nSPS) is 21.8. The number of fused-ring (bicyclic) bond motifs is 2. The lowest BCUT2D eigenvalue weighted by molar-refractivity contribution is -0.118. The first kappa shape index (κ1) is 63.8. The van der Waals surface area contributed by atoms with Crippen molar-refractivity contribution in [3.63, 3.8) is 0 Å². The number of nitriles is 2. The highest BCUT2D eigenvalue weighted by Crippen LogP contribution is 2.53. The van der Waals surface area contributed by atoms with E-state index in [1.807, 2.05) is 20.8 Å². The molecule has 464 valence electrons. The van der Waals surface area contributed by atoms with Crippen molar-refractivity contribution in [1.82, 2.24) is 31.2 Å². The summed E-state index contributed by atoms with van der Waals surface area (Å²) in [6, 6.07) is 30.9. The number of ether oxygens (including phenoxy) is 5. The molecule has 5 aromatic carbocycles. The van der Waals surface area contributed by atoms with Crippen LogP contribution in [0.5, 0.6) is 11.8 Å². The van der Waals surface area contributed by atoms with Gasteiger partial charge in [-0.3, -0.25) is 9.59 Å². The Labute approximate surface area is 522 Å². The fourth-order valence-electron chi connectivity index (χ4n) is 12.7. The maximum Gasteiger partial charge on any atom is 0.318 e. The average Bonchev–Trinajstić information content (AvgIpc) is 1.54. The van der Waals surface area contributed by atoms with Crippen LogP contribution in [0.2, 0.25) is 10.0 Å². The lowest BCUT2D eigenvalue weighted by atomic mass is 9.62. The molecule has 2 amide bonds. The molecule has 5 N–H and O–H groups in total. The number of nitrogens with zero attached hydrogens (tertiary/aromatic N) is 6. The van der Waals surface area contributed by atoms with E-state index in [2.05, 4.69) is 91.0 Å². The quantitative estimate of drug-likeness (QED) is 0.0356. The van der Waals surface area contributed by atoms with Crippen LogP contribution in [-0.4, -0.2) is 138 Å². The Morgan fingerprint density at radius 3 is 2.47 bits per heavy atom. The Morgan fingerprint density at radius 1 is 0.875 bits per heavy atom. The van der Waals surface area contributed by atoms with Gasteiger partial charge in [0.05, 0.1) is 100 Å². The van der Waals surface area contributed by atoms with Crippen LogP contribution >= 0.6 is 23.2 Å². The van der Waals surface area contributed by atoms with Crippen molar-refractivity contribution in [2.45, 2.75) is 101 Å². The van der Waals surface area contributed by atoms with Crippen LogP contribution in [0.3, 0.4) is 0 Å². The van der Waals surface area contributed by atoms with Gasteiger partial charge in [-0.2, -0.15) is 20.5 Å². The van der Waals surface area contributed by atoms with Crippen LogP contribution in [0.25, 0.3) is 10.8 Å². The van der Waals surface area contributed by atoms with Crippen molar-refractivity contribution in [3.8, 4) is 23.9 Å². The molecule has 5 heterocycles. The SMILES string of the molecule is COc1cc(C(=O)NCCOCCOCCO[C@H]2CN[C@@H](CCOc3nc4c(c(N5CCN[C@@H](CC#N)C5)n3)CCN(c3cccc5ccccc35)C4)C2)ccc1NC(=O)[C@@H]1N[C@@H](CC(C)(C)C)[C@](C#N)(c2ccc(Cl)cc2F)[C@H]1c1cccc(Cl)c1F. The van der Waals surface area contributed by atoms with Gasteiger partial charge in [0.2, 0.25) is 5.91 Å².